The number of ketones is 1. The Kier molecular flexibility index (Phi) is 6.87. The zero-order valence-corrected chi connectivity index (χ0v) is 16.4. The van der Waals surface area contributed by atoms with Crippen molar-refractivity contribution in [2.24, 2.45) is 0 Å². The number of Topliss-reactive ketones (excluding diaryl/α,β-unsaturated/α-hetero) is 1. The maximum atomic E-state index is 12.2. The molecule has 0 aliphatic rings. The highest BCUT2D eigenvalue weighted by atomic mass is 16.6. The van der Waals surface area contributed by atoms with E-state index in [4.69, 9.17) is 9.47 Å². The molecule has 2 aromatic rings. The molecule has 28 heavy (non-hydrogen) atoms. The molecule has 0 atom stereocenters. The molecule has 0 aliphatic carbocycles. The first-order valence-electron chi connectivity index (χ1n) is 8.86. The second-order valence-corrected chi connectivity index (χ2v) is 6.83. The van der Waals surface area contributed by atoms with Crippen molar-refractivity contribution in [1.82, 2.24) is 0 Å². The summed E-state index contributed by atoms with van der Waals surface area (Å²) in [7, 11) is 0. The number of nitro groups is 1. The normalized spacial score (nSPS) is 10.6. The first kappa shape index (κ1) is 21.1. The van der Waals surface area contributed by atoms with Crippen LogP contribution >= 0.6 is 0 Å². The Hall–Kier alpha value is -3.22. The van der Waals surface area contributed by atoms with Crippen LogP contribution in [0.25, 0.3) is 0 Å². The Morgan fingerprint density at radius 3 is 2.43 bits per heavy atom. The van der Waals surface area contributed by atoms with Crippen LogP contribution < -0.4 is 4.74 Å². The molecule has 7 nitrogen and oxygen atoms in total. The minimum atomic E-state index is -0.689. The van der Waals surface area contributed by atoms with Gasteiger partial charge in [-0.15, -0.1) is 0 Å². The number of hydrogen-bond donors (Lipinski definition) is 0. The van der Waals surface area contributed by atoms with E-state index < -0.39 is 23.3 Å². The number of nitro benzene ring substituents is 1. The van der Waals surface area contributed by atoms with E-state index >= 15 is 0 Å². The average Bonchev–Trinajstić information content (AvgIpc) is 2.64. The van der Waals surface area contributed by atoms with E-state index in [-0.39, 0.29) is 23.8 Å². The average molecular weight is 385 g/mol. The molecule has 2 rings (SSSR count). The largest absolute Gasteiger partial charge is 0.482 e. The molecular weight excluding hydrogens is 362 g/mol. The van der Waals surface area contributed by atoms with Crippen molar-refractivity contribution in [3.05, 3.63) is 68.8 Å². The number of nitrogens with zero attached hydrogens (tertiary/aromatic N) is 1. The van der Waals surface area contributed by atoms with Gasteiger partial charge in [-0.3, -0.25) is 14.9 Å². The van der Waals surface area contributed by atoms with Gasteiger partial charge in [0, 0.05) is 17.2 Å². The molecule has 0 unspecified atom stereocenters. The summed E-state index contributed by atoms with van der Waals surface area (Å²) in [6.45, 7) is 6.72. The van der Waals surface area contributed by atoms with Gasteiger partial charge in [-0.25, -0.2) is 4.79 Å². The van der Waals surface area contributed by atoms with Crippen LogP contribution in [0.15, 0.2) is 36.4 Å². The molecule has 2 aromatic carbocycles. The Bertz CT molecular complexity index is 904. The third kappa shape index (κ3) is 5.39. The molecule has 0 spiro atoms. The zero-order chi connectivity index (χ0) is 20.8. The second-order valence-electron chi connectivity index (χ2n) is 6.83. The molecule has 0 bridgehead atoms. The van der Waals surface area contributed by atoms with E-state index in [9.17, 15) is 19.7 Å². The Balaban J connectivity index is 1.95. The lowest BCUT2D eigenvalue weighted by molar-refractivity contribution is -0.385. The molecule has 0 saturated heterocycles. The molecule has 0 aromatic heterocycles. The van der Waals surface area contributed by atoms with Crippen molar-refractivity contribution >= 4 is 17.4 Å². The fraction of sp³-hybridized carbons (Fsp3) is 0.333. The number of carbonyl (C=O) groups excluding carboxylic acids is 2. The molecule has 148 valence electrons. The second kappa shape index (κ2) is 9.12. The molecule has 0 saturated carbocycles. The lowest BCUT2D eigenvalue weighted by Gasteiger charge is -2.14. The molecular formula is C21H23NO6. The minimum absolute atomic E-state index is 0.117. The smallest absolute Gasteiger partial charge is 0.344 e. The van der Waals surface area contributed by atoms with Gasteiger partial charge >= 0.3 is 5.97 Å². The van der Waals surface area contributed by atoms with E-state index in [1.54, 1.807) is 6.92 Å². The van der Waals surface area contributed by atoms with E-state index in [2.05, 4.69) is 0 Å². The van der Waals surface area contributed by atoms with Crippen LogP contribution in [-0.2, 0) is 9.53 Å². The third-order valence-corrected chi connectivity index (χ3v) is 4.23. The van der Waals surface area contributed by atoms with E-state index in [0.29, 0.717) is 11.3 Å². The van der Waals surface area contributed by atoms with Gasteiger partial charge in [0.25, 0.3) is 5.69 Å². The van der Waals surface area contributed by atoms with Gasteiger partial charge in [-0.05, 0) is 37.0 Å². The van der Waals surface area contributed by atoms with Crippen molar-refractivity contribution in [3.8, 4) is 5.75 Å². The summed E-state index contributed by atoms with van der Waals surface area (Å²) in [5.41, 5.74) is 2.39. The van der Waals surface area contributed by atoms with Crippen LogP contribution in [0.2, 0.25) is 0 Å². The number of esters is 1. The highest BCUT2D eigenvalue weighted by Crippen LogP contribution is 2.27. The molecule has 7 heteroatoms. The summed E-state index contributed by atoms with van der Waals surface area (Å²) in [4.78, 5) is 34.5. The lowest BCUT2D eigenvalue weighted by Crippen LogP contribution is -2.20. The van der Waals surface area contributed by atoms with Gasteiger partial charge in [0.2, 0.25) is 5.78 Å². The predicted molar refractivity (Wildman–Crippen MR) is 104 cm³/mol. The summed E-state index contributed by atoms with van der Waals surface area (Å²) >= 11 is 0. The van der Waals surface area contributed by atoms with E-state index in [0.717, 1.165) is 11.1 Å². The summed E-state index contributed by atoms with van der Waals surface area (Å²) < 4.78 is 10.5. The van der Waals surface area contributed by atoms with Crippen molar-refractivity contribution in [2.45, 2.75) is 33.6 Å². The van der Waals surface area contributed by atoms with Crippen LogP contribution in [0.4, 0.5) is 5.69 Å². The molecule has 0 aliphatic heterocycles. The molecule has 0 heterocycles. The number of aryl methyl sites for hydroxylation is 2. The van der Waals surface area contributed by atoms with Gasteiger partial charge in [0.1, 0.15) is 5.75 Å². The quantitative estimate of drug-likeness (QED) is 0.293. The van der Waals surface area contributed by atoms with Crippen molar-refractivity contribution in [3.63, 3.8) is 0 Å². The summed E-state index contributed by atoms with van der Waals surface area (Å²) in [6, 6.07) is 9.91. The Labute approximate surface area is 163 Å². The standard InChI is InChI=1S/C21H23NO6/c1-13(2)17-8-5-14(3)9-20(17)27-12-21(24)28-11-19(23)16-7-6-15(4)18(10-16)22(25)26/h5-10,13H,11-12H2,1-4H3. The van der Waals surface area contributed by atoms with Gasteiger partial charge in [0.05, 0.1) is 4.92 Å². The highest BCUT2D eigenvalue weighted by molar-refractivity contribution is 5.98. The highest BCUT2D eigenvalue weighted by Gasteiger charge is 2.17. The van der Waals surface area contributed by atoms with Gasteiger partial charge in [0.15, 0.2) is 13.2 Å². The van der Waals surface area contributed by atoms with Crippen molar-refractivity contribution in [2.75, 3.05) is 13.2 Å². The number of rotatable bonds is 8. The molecule has 0 fully saturated rings. The summed E-state index contributed by atoms with van der Waals surface area (Å²) in [5.74, 6) is -0.376. The Morgan fingerprint density at radius 2 is 1.79 bits per heavy atom. The van der Waals surface area contributed by atoms with Crippen LogP contribution in [-0.4, -0.2) is 29.9 Å². The van der Waals surface area contributed by atoms with Gasteiger partial charge in [-0.1, -0.05) is 38.1 Å². The molecule has 0 radical (unpaired) electrons. The topological polar surface area (TPSA) is 95.7 Å². The zero-order valence-electron chi connectivity index (χ0n) is 16.4. The van der Waals surface area contributed by atoms with Crippen molar-refractivity contribution < 1.29 is 24.0 Å². The van der Waals surface area contributed by atoms with E-state index in [1.165, 1.54) is 18.2 Å². The first-order valence-corrected chi connectivity index (χ1v) is 8.86. The minimum Gasteiger partial charge on any atom is -0.482 e. The van der Waals surface area contributed by atoms with Crippen LogP contribution in [0, 0.1) is 24.0 Å². The number of benzene rings is 2. The van der Waals surface area contributed by atoms with Crippen molar-refractivity contribution in [1.29, 1.82) is 0 Å². The van der Waals surface area contributed by atoms with Crippen LogP contribution in [0.1, 0.15) is 46.8 Å². The van der Waals surface area contributed by atoms with Gasteiger partial charge < -0.3 is 9.47 Å². The number of carbonyl (C=O) groups is 2. The third-order valence-electron chi connectivity index (χ3n) is 4.23. The lowest BCUT2D eigenvalue weighted by atomic mass is 10.0. The molecule has 0 N–H and O–H groups in total. The summed E-state index contributed by atoms with van der Waals surface area (Å²) in [5, 5.41) is 11.0. The first-order chi connectivity index (χ1) is 13.2. The number of ether oxygens (including phenoxy) is 2. The van der Waals surface area contributed by atoms with Crippen LogP contribution in [0.5, 0.6) is 5.75 Å². The predicted octanol–water partition coefficient (Wildman–Crippen LogP) is 4.14. The van der Waals surface area contributed by atoms with E-state index in [1.807, 2.05) is 39.0 Å². The van der Waals surface area contributed by atoms with Crippen LogP contribution in [0.3, 0.4) is 0 Å². The SMILES string of the molecule is Cc1ccc(C(C)C)c(OCC(=O)OCC(=O)c2ccc(C)c([N+](=O)[O-])c2)c1. The summed E-state index contributed by atoms with van der Waals surface area (Å²) in [6.07, 6.45) is 0. The fourth-order valence-corrected chi connectivity index (χ4v) is 2.63. The van der Waals surface area contributed by atoms with Gasteiger partial charge in [-0.2, -0.15) is 0 Å². The fourth-order valence-electron chi connectivity index (χ4n) is 2.63. The molecule has 0 amide bonds. The maximum Gasteiger partial charge on any atom is 0.344 e. The maximum absolute atomic E-state index is 12.2. The Morgan fingerprint density at radius 1 is 1.07 bits per heavy atom. The monoisotopic (exact) mass is 385 g/mol. The number of hydrogen-bond acceptors (Lipinski definition) is 6.